The molecule has 106 valence electrons. The van der Waals surface area contributed by atoms with Gasteiger partial charge in [-0.1, -0.05) is 0 Å². The average Bonchev–Trinajstić information content (AvgIpc) is 2.36. The maximum absolute atomic E-state index is 11.7. The van der Waals surface area contributed by atoms with Gasteiger partial charge in [0.15, 0.2) is 0 Å². The summed E-state index contributed by atoms with van der Waals surface area (Å²) in [6.45, 7) is 0. The molecule has 1 aromatic carbocycles. The Labute approximate surface area is 111 Å². The van der Waals surface area contributed by atoms with Crippen LogP contribution in [0.15, 0.2) is 18.2 Å². The van der Waals surface area contributed by atoms with Gasteiger partial charge < -0.3 is 15.2 Å². The minimum atomic E-state index is -3.62. The van der Waals surface area contributed by atoms with Crippen LogP contribution in [0.2, 0.25) is 0 Å². The molecule has 0 saturated carbocycles. The summed E-state index contributed by atoms with van der Waals surface area (Å²) < 4.78 is 35.0. The average molecular weight is 288 g/mol. The van der Waals surface area contributed by atoms with Crippen LogP contribution in [-0.2, 0) is 19.6 Å². The molecule has 0 bridgehead atoms. The number of carbonyl (C=O) groups is 1. The molecule has 0 amide bonds. The highest BCUT2D eigenvalue weighted by atomic mass is 32.2. The third-order valence-electron chi connectivity index (χ3n) is 2.31. The Hall–Kier alpha value is -1.96. The number of benzene rings is 1. The number of nitrogens with one attached hydrogen (secondary N) is 1. The van der Waals surface area contributed by atoms with E-state index in [2.05, 4.69) is 9.46 Å². The number of sulfonamides is 1. The zero-order valence-corrected chi connectivity index (χ0v) is 11.5. The molecule has 0 unspecified atom stereocenters. The van der Waals surface area contributed by atoms with Crippen molar-refractivity contribution in [2.45, 2.75) is 6.42 Å². The number of ether oxygens (including phenoxy) is 2. The van der Waals surface area contributed by atoms with Gasteiger partial charge in [0, 0.05) is 0 Å². The zero-order valence-electron chi connectivity index (χ0n) is 10.7. The standard InChI is InChI=1S/C11H16N2O5S/c1-17-10-4-3-8(7-9(10)12)13-19(15,16)6-5-11(14)18-2/h3-4,7,13H,5-6,12H2,1-2H3. The number of nitrogens with two attached hydrogens (primary N) is 1. The maximum atomic E-state index is 11.7. The minimum absolute atomic E-state index is 0.211. The predicted octanol–water partition coefficient (Wildman–Crippen LogP) is 0.582. The fourth-order valence-corrected chi connectivity index (χ4v) is 2.37. The van der Waals surface area contributed by atoms with Crippen LogP contribution in [0.1, 0.15) is 6.42 Å². The second-order valence-electron chi connectivity index (χ2n) is 3.70. The fraction of sp³-hybridized carbons (Fsp3) is 0.364. The van der Waals surface area contributed by atoms with E-state index >= 15 is 0 Å². The van der Waals surface area contributed by atoms with Crippen LogP contribution < -0.4 is 15.2 Å². The monoisotopic (exact) mass is 288 g/mol. The van der Waals surface area contributed by atoms with Crippen LogP contribution >= 0.6 is 0 Å². The summed E-state index contributed by atoms with van der Waals surface area (Å²) in [6, 6.07) is 4.51. The quantitative estimate of drug-likeness (QED) is 0.585. The molecule has 0 atom stereocenters. The first kappa shape index (κ1) is 15.1. The molecule has 0 aromatic heterocycles. The lowest BCUT2D eigenvalue weighted by atomic mass is 10.2. The van der Waals surface area contributed by atoms with Gasteiger partial charge in [0.2, 0.25) is 10.0 Å². The Morgan fingerprint density at radius 3 is 2.58 bits per heavy atom. The Bertz CT molecular complexity index is 556. The molecule has 1 rings (SSSR count). The van der Waals surface area contributed by atoms with Gasteiger partial charge in [-0.3, -0.25) is 9.52 Å². The van der Waals surface area contributed by atoms with E-state index in [-0.39, 0.29) is 12.2 Å². The van der Waals surface area contributed by atoms with E-state index in [1.54, 1.807) is 6.07 Å². The van der Waals surface area contributed by atoms with E-state index in [9.17, 15) is 13.2 Å². The smallest absolute Gasteiger partial charge is 0.306 e. The third-order valence-corrected chi connectivity index (χ3v) is 3.59. The highest BCUT2D eigenvalue weighted by molar-refractivity contribution is 7.92. The van der Waals surface area contributed by atoms with Crippen molar-refractivity contribution in [1.82, 2.24) is 0 Å². The fourth-order valence-electron chi connectivity index (χ4n) is 1.35. The number of carbonyl (C=O) groups excluding carboxylic acids is 1. The largest absolute Gasteiger partial charge is 0.495 e. The summed E-state index contributed by atoms with van der Waals surface area (Å²) >= 11 is 0. The Morgan fingerprint density at radius 1 is 1.37 bits per heavy atom. The van der Waals surface area contributed by atoms with Crippen LogP contribution in [0, 0.1) is 0 Å². The van der Waals surface area contributed by atoms with E-state index < -0.39 is 16.0 Å². The molecule has 0 heterocycles. The molecule has 7 nitrogen and oxygen atoms in total. The van der Waals surface area contributed by atoms with Crippen molar-refractivity contribution >= 4 is 27.4 Å². The molecule has 0 saturated heterocycles. The summed E-state index contributed by atoms with van der Waals surface area (Å²) in [5.74, 6) is -0.483. The van der Waals surface area contributed by atoms with Crippen molar-refractivity contribution in [1.29, 1.82) is 0 Å². The van der Waals surface area contributed by atoms with Gasteiger partial charge in [-0.2, -0.15) is 0 Å². The normalized spacial score (nSPS) is 10.8. The number of esters is 1. The summed E-state index contributed by atoms with van der Waals surface area (Å²) in [5.41, 5.74) is 6.28. The van der Waals surface area contributed by atoms with Crippen LogP contribution in [0.25, 0.3) is 0 Å². The second-order valence-corrected chi connectivity index (χ2v) is 5.55. The molecule has 0 fully saturated rings. The van der Waals surface area contributed by atoms with E-state index in [4.69, 9.17) is 10.5 Å². The van der Waals surface area contributed by atoms with Crippen molar-refractivity contribution in [3.63, 3.8) is 0 Å². The summed E-state index contributed by atoms with van der Waals surface area (Å²) in [5, 5.41) is 0. The van der Waals surface area contributed by atoms with Gasteiger partial charge in [-0.15, -0.1) is 0 Å². The summed E-state index contributed by atoms with van der Waals surface area (Å²) in [6.07, 6.45) is -0.211. The van der Waals surface area contributed by atoms with E-state index in [1.165, 1.54) is 26.4 Å². The molecule has 1 aromatic rings. The van der Waals surface area contributed by atoms with Crippen molar-refractivity contribution in [2.24, 2.45) is 0 Å². The zero-order chi connectivity index (χ0) is 14.5. The Morgan fingerprint density at radius 2 is 2.05 bits per heavy atom. The molecule has 0 aliphatic rings. The Kier molecular flexibility index (Phi) is 4.99. The van der Waals surface area contributed by atoms with Gasteiger partial charge in [0.1, 0.15) is 5.75 Å². The number of rotatable bonds is 6. The highest BCUT2D eigenvalue weighted by Gasteiger charge is 2.14. The van der Waals surface area contributed by atoms with Crippen LogP contribution in [0.3, 0.4) is 0 Å². The summed E-state index contributed by atoms with van der Waals surface area (Å²) in [7, 11) is -0.958. The van der Waals surface area contributed by atoms with Gasteiger partial charge >= 0.3 is 5.97 Å². The molecule has 8 heteroatoms. The first-order valence-corrected chi connectivity index (χ1v) is 7.04. The topological polar surface area (TPSA) is 108 Å². The number of nitrogen functional groups attached to an aromatic ring is 1. The summed E-state index contributed by atoms with van der Waals surface area (Å²) in [4.78, 5) is 10.9. The highest BCUT2D eigenvalue weighted by Crippen LogP contribution is 2.25. The van der Waals surface area contributed by atoms with Crippen molar-refractivity contribution in [2.75, 3.05) is 30.4 Å². The molecule has 0 radical (unpaired) electrons. The van der Waals surface area contributed by atoms with Crippen molar-refractivity contribution in [3.05, 3.63) is 18.2 Å². The van der Waals surface area contributed by atoms with Crippen LogP contribution in [0.4, 0.5) is 11.4 Å². The van der Waals surface area contributed by atoms with E-state index in [0.29, 0.717) is 17.1 Å². The van der Waals surface area contributed by atoms with E-state index in [0.717, 1.165) is 0 Å². The lowest BCUT2D eigenvalue weighted by Gasteiger charge is -2.10. The Balaban J connectivity index is 2.73. The number of hydrogen-bond acceptors (Lipinski definition) is 6. The lowest BCUT2D eigenvalue weighted by Crippen LogP contribution is -2.19. The number of hydrogen-bond donors (Lipinski definition) is 2. The maximum Gasteiger partial charge on any atom is 0.306 e. The molecular formula is C11H16N2O5S. The first-order valence-electron chi connectivity index (χ1n) is 5.39. The SMILES string of the molecule is COC(=O)CCS(=O)(=O)Nc1ccc(OC)c(N)c1. The number of methoxy groups -OCH3 is 2. The van der Waals surface area contributed by atoms with Gasteiger partial charge in [0.25, 0.3) is 0 Å². The third kappa shape index (κ3) is 4.66. The second kappa shape index (κ2) is 6.28. The molecule has 0 aliphatic carbocycles. The van der Waals surface area contributed by atoms with Gasteiger partial charge in [-0.05, 0) is 18.2 Å². The molecule has 19 heavy (non-hydrogen) atoms. The molecule has 0 spiro atoms. The lowest BCUT2D eigenvalue weighted by molar-refractivity contribution is -0.140. The van der Waals surface area contributed by atoms with E-state index in [1.807, 2.05) is 0 Å². The van der Waals surface area contributed by atoms with Crippen molar-refractivity contribution in [3.8, 4) is 5.75 Å². The molecule has 0 aliphatic heterocycles. The number of anilines is 2. The van der Waals surface area contributed by atoms with Gasteiger partial charge in [-0.25, -0.2) is 8.42 Å². The minimum Gasteiger partial charge on any atom is -0.495 e. The van der Waals surface area contributed by atoms with Crippen LogP contribution in [0.5, 0.6) is 5.75 Å². The van der Waals surface area contributed by atoms with Crippen molar-refractivity contribution < 1.29 is 22.7 Å². The first-order chi connectivity index (χ1) is 8.88. The molecular weight excluding hydrogens is 272 g/mol. The predicted molar refractivity (Wildman–Crippen MR) is 71.4 cm³/mol. The van der Waals surface area contributed by atoms with Crippen LogP contribution in [-0.4, -0.2) is 34.4 Å². The van der Waals surface area contributed by atoms with Gasteiger partial charge in [0.05, 0.1) is 37.8 Å². The molecule has 3 N–H and O–H groups in total.